The number of carbonyl (C=O) groups is 1. The number of carboxylic acids is 1. The van der Waals surface area contributed by atoms with Gasteiger partial charge in [-0.3, -0.25) is 4.79 Å². The minimum atomic E-state index is -0.863. The largest absolute Gasteiger partial charge is 0.481 e. The minimum Gasteiger partial charge on any atom is -0.481 e. The zero-order valence-corrected chi connectivity index (χ0v) is 11.9. The van der Waals surface area contributed by atoms with E-state index in [1.165, 1.54) is 11.8 Å². The van der Waals surface area contributed by atoms with Crippen LogP contribution in [-0.4, -0.2) is 27.0 Å². The van der Waals surface area contributed by atoms with Crippen molar-refractivity contribution in [2.24, 2.45) is 0 Å². The number of benzene rings is 2. The molecule has 5 heteroatoms. The second kappa shape index (κ2) is 5.93. The lowest BCUT2D eigenvalue weighted by molar-refractivity contribution is -0.133. The van der Waals surface area contributed by atoms with Crippen molar-refractivity contribution < 1.29 is 9.90 Å². The van der Waals surface area contributed by atoms with Gasteiger partial charge in [0.2, 0.25) is 0 Å². The Balaban J connectivity index is 2.13. The fraction of sp³-hybridized carbons (Fsp3) is 0.0625. The minimum absolute atomic E-state index is 0.0244. The summed E-state index contributed by atoms with van der Waals surface area (Å²) in [4.78, 5) is 10.7. The molecule has 21 heavy (non-hydrogen) atoms. The summed E-state index contributed by atoms with van der Waals surface area (Å²) in [7, 11) is 0. The summed E-state index contributed by atoms with van der Waals surface area (Å²) >= 11 is 1.19. The molecule has 0 bridgehead atoms. The van der Waals surface area contributed by atoms with E-state index in [0.29, 0.717) is 5.03 Å². The van der Waals surface area contributed by atoms with Gasteiger partial charge in [-0.1, -0.05) is 66.4 Å². The summed E-state index contributed by atoms with van der Waals surface area (Å²) in [6, 6.07) is 17.6. The normalized spacial score (nSPS) is 10.7. The van der Waals surface area contributed by atoms with Crippen LogP contribution in [0.15, 0.2) is 59.6 Å². The molecule has 0 aliphatic heterocycles. The van der Waals surface area contributed by atoms with Crippen molar-refractivity contribution in [1.29, 1.82) is 0 Å². The third kappa shape index (κ3) is 2.87. The van der Waals surface area contributed by atoms with E-state index in [9.17, 15) is 4.79 Å². The van der Waals surface area contributed by atoms with Crippen molar-refractivity contribution in [2.75, 3.05) is 5.75 Å². The zero-order chi connectivity index (χ0) is 14.7. The van der Waals surface area contributed by atoms with Gasteiger partial charge >= 0.3 is 5.97 Å². The highest BCUT2D eigenvalue weighted by molar-refractivity contribution is 8.00. The molecule has 2 aromatic carbocycles. The Morgan fingerprint density at radius 2 is 1.62 bits per heavy atom. The molecule has 104 valence electrons. The molecule has 1 aromatic heterocycles. The predicted octanol–water partition coefficient (Wildman–Crippen LogP) is 3.47. The molecule has 1 heterocycles. The highest BCUT2D eigenvalue weighted by Gasteiger charge is 2.11. The molecule has 3 aromatic rings. The van der Waals surface area contributed by atoms with E-state index in [2.05, 4.69) is 10.2 Å². The Morgan fingerprint density at radius 1 is 0.952 bits per heavy atom. The number of rotatable bonds is 4. The monoisotopic (exact) mass is 296 g/mol. The summed E-state index contributed by atoms with van der Waals surface area (Å²) in [5, 5.41) is 19.9. The average molecular weight is 296 g/mol. The lowest BCUT2D eigenvalue weighted by atomic mass is 10.1. The van der Waals surface area contributed by atoms with E-state index >= 15 is 0 Å². The first-order chi connectivity index (χ1) is 10.3. The predicted molar refractivity (Wildman–Crippen MR) is 83.3 cm³/mol. The smallest absolute Gasteiger partial charge is 0.313 e. The fourth-order valence-electron chi connectivity index (χ4n) is 2.13. The molecule has 0 aliphatic rings. The third-order valence-electron chi connectivity index (χ3n) is 3.03. The van der Waals surface area contributed by atoms with Gasteiger partial charge in [-0.2, -0.15) is 0 Å². The lowest BCUT2D eigenvalue weighted by Crippen LogP contribution is -2.00. The van der Waals surface area contributed by atoms with Gasteiger partial charge in [-0.15, -0.1) is 10.2 Å². The molecule has 0 unspecified atom stereocenters. The maximum atomic E-state index is 10.7. The molecular weight excluding hydrogens is 284 g/mol. The van der Waals surface area contributed by atoms with Crippen LogP contribution in [0.2, 0.25) is 0 Å². The number of carboxylic acid groups (broad SMARTS) is 1. The van der Waals surface area contributed by atoms with Crippen molar-refractivity contribution in [3.8, 4) is 11.3 Å². The number of nitrogens with zero attached hydrogens (tertiary/aromatic N) is 2. The SMILES string of the molecule is O=C(O)CSc1nnc(-c2ccccc2)c2ccccc12. The van der Waals surface area contributed by atoms with E-state index in [1.807, 2.05) is 54.6 Å². The molecule has 4 nitrogen and oxygen atoms in total. The van der Waals surface area contributed by atoms with Crippen LogP contribution in [-0.2, 0) is 4.79 Å². The van der Waals surface area contributed by atoms with Crippen LogP contribution < -0.4 is 0 Å². The highest BCUT2D eigenvalue weighted by Crippen LogP contribution is 2.31. The van der Waals surface area contributed by atoms with Crippen LogP contribution in [0.1, 0.15) is 0 Å². The Hall–Kier alpha value is -2.40. The van der Waals surface area contributed by atoms with E-state index in [1.54, 1.807) is 0 Å². The number of thioether (sulfide) groups is 1. The maximum absolute atomic E-state index is 10.7. The molecule has 0 aliphatic carbocycles. The molecular formula is C16H12N2O2S. The van der Waals surface area contributed by atoms with Gasteiger partial charge in [0.15, 0.2) is 0 Å². The Kier molecular flexibility index (Phi) is 3.83. The van der Waals surface area contributed by atoms with Gasteiger partial charge < -0.3 is 5.11 Å². The van der Waals surface area contributed by atoms with Crippen LogP contribution in [0, 0.1) is 0 Å². The quantitative estimate of drug-likeness (QED) is 0.747. The first-order valence-corrected chi connectivity index (χ1v) is 7.39. The summed E-state index contributed by atoms with van der Waals surface area (Å²) in [6.45, 7) is 0. The number of aliphatic carboxylic acids is 1. The Bertz CT molecular complexity index is 791. The van der Waals surface area contributed by atoms with Crippen molar-refractivity contribution >= 4 is 28.5 Å². The standard InChI is InChI=1S/C16H12N2O2S/c19-14(20)10-21-16-13-9-5-4-8-12(13)15(17-18-16)11-6-2-1-3-7-11/h1-9H,10H2,(H,19,20). The Labute approximate surface area is 125 Å². The fourth-order valence-corrected chi connectivity index (χ4v) is 2.82. The molecule has 1 N–H and O–H groups in total. The second-order valence-electron chi connectivity index (χ2n) is 4.45. The first kappa shape index (κ1) is 13.6. The second-order valence-corrected chi connectivity index (χ2v) is 5.41. The van der Waals surface area contributed by atoms with Gasteiger partial charge in [-0.25, -0.2) is 0 Å². The number of hydrogen-bond donors (Lipinski definition) is 1. The average Bonchev–Trinajstić information content (AvgIpc) is 2.53. The first-order valence-electron chi connectivity index (χ1n) is 6.41. The van der Waals surface area contributed by atoms with E-state index in [-0.39, 0.29) is 5.75 Å². The third-order valence-corrected chi connectivity index (χ3v) is 4.00. The van der Waals surface area contributed by atoms with Gasteiger partial charge in [0.05, 0.1) is 5.75 Å². The molecule has 0 radical (unpaired) electrons. The lowest BCUT2D eigenvalue weighted by Gasteiger charge is -2.08. The van der Waals surface area contributed by atoms with E-state index in [4.69, 9.17) is 5.11 Å². The van der Waals surface area contributed by atoms with Crippen LogP contribution in [0.5, 0.6) is 0 Å². The summed E-state index contributed by atoms with van der Waals surface area (Å²) in [6.07, 6.45) is 0. The molecule has 0 saturated heterocycles. The number of fused-ring (bicyclic) bond motifs is 1. The van der Waals surface area contributed by atoms with Gasteiger partial charge in [0.25, 0.3) is 0 Å². The molecule has 3 rings (SSSR count). The van der Waals surface area contributed by atoms with Crippen LogP contribution in [0.3, 0.4) is 0 Å². The summed E-state index contributed by atoms with van der Waals surface area (Å²) in [5.41, 5.74) is 1.81. The van der Waals surface area contributed by atoms with Gasteiger partial charge in [-0.05, 0) is 0 Å². The number of aromatic nitrogens is 2. The molecule has 0 amide bonds. The Morgan fingerprint density at radius 3 is 2.33 bits per heavy atom. The van der Waals surface area contributed by atoms with Crippen LogP contribution in [0.4, 0.5) is 0 Å². The van der Waals surface area contributed by atoms with Gasteiger partial charge in [0, 0.05) is 16.3 Å². The molecule has 0 saturated carbocycles. The van der Waals surface area contributed by atoms with E-state index < -0.39 is 5.97 Å². The van der Waals surface area contributed by atoms with E-state index in [0.717, 1.165) is 22.0 Å². The van der Waals surface area contributed by atoms with Gasteiger partial charge in [0.1, 0.15) is 10.7 Å². The number of hydrogen-bond acceptors (Lipinski definition) is 4. The summed E-state index contributed by atoms with van der Waals surface area (Å²) in [5.74, 6) is -0.887. The van der Waals surface area contributed by atoms with Crippen molar-refractivity contribution in [3.63, 3.8) is 0 Å². The molecule has 0 spiro atoms. The van der Waals surface area contributed by atoms with Crippen molar-refractivity contribution in [1.82, 2.24) is 10.2 Å². The maximum Gasteiger partial charge on any atom is 0.313 e. The van der Waals surface area contributed by atoms with Crippen LogP contribution >= 0.6 is 11.8 Å². The van der Waals surface area contributed by atoms with Crippen molar-refractivity contribution in [2.45, 2.75) is 5.03 Å². The highest BCUT2D eigenvalue weighted by atomic mass is 32.2. The zero-order valence-electron chi connectivity index (χ0n) is 11.1. The van der Waals surface area contributed by atoms with Crippen molar-refractivity contribution in [3.05, 3.63) is 54.6 Å². The molecule has 0 fully saturated rings. The van der Waals surface area contributed by atoms with Crippen LogP contribution in [0.25, 0.3) is 22.0 Å². The summed E-state index contributed by atoms with van der Waals surface area (Å²) < 4.78 is 0. The molecule has 0 atom stereocenters. The topological polar surface area (TPSA) is 63.1 Å².